The van der Waals surface area contributed by atoms with Crippen molar-refractivity contribution in [1.29, 1.82) is 0 Å². The number of fused-ring (bicyclic) bond motifs is 1. The lowest BCUT2D eigenvalue weighted by Gasteiger charge is -2.32. The largest absolute Gasteiger partial charge is 0.354 e. The van der Waals surface area contributed by atoms with Gasteiger partial charge in [-0.1, -0.05) is 6.07 Å². The monoisotopic (exact) mass is 286 g/mol. The summed E-state index contributed by atoms with van der Waals surface area (Å²) in [5.74, 6) is 0.597. The highest BCUT2D eigenvalue weighted by Crippen LogP contribution is 2.39. The molecule has 0 radical (unpaired) electrons. The van der Waals surface area contributed by atoms with Crippen molar-refractivity contribution in [3.05, 3.63) is 30.3 Å². The molecular formula is C16H19FN4. The number of benzene rings is 1. The number of likely N-dealkylation sites (N-methyl/N-ethyl adjacent to an activating group) is 1. The molecule has 0 saturated carbocycles. The number of rotatable bonds is 1. The standard InChI is InChI=1S/C16H19FN4/c1-20-8-3-6-16(20)7-9-21(10-16)15-12-4-2-5-13(17)14(12)18-11-19-15/h2,4-5,11H,3,6-10H2,1H3. The molecule has 2 fully saturated rings. The molecular weight excluding hydrogens is 267 g/mol. The SMILES string of the molecule is CN1CCCC12CCN(c1ncnc3c(F)cccc13)C2. The van der Waals surface area contributed by atoms with Crippen molar-refractivity contribution in [1.82, 2.24) is 14.9 Å². The van der Waals surface area contributed by atoms with Gasteiger partial charge in [0.2, 0.25) is 0 Å². The topological polar surface area (TPSA) is 32.3 Å². The number of aromatic nitrogens is 2. The van der Waals surface area contributed by atoms with Crippen molar-refractivity contribution in [2.24, 2.45) is 0 Å². The van der Waals surface area contributed by atoms with Gasteiger partial charge in [-0.2, -0.15) is 0 Å². The zero-order chi connectivity index (χ0) is 14.4. The third-order valence-electron chi connectivity index (χ3n) is 5.17. The van der Waals surface area contributed by atoms with Crippen molar-refractivity contribution in [3.63, 3.8) is 0 Å². The summed E-state index contributed by atoms with van der Waals surface area (Å²) < 4.78 is 13.9. The molecule has 2 saturated heterocycles. The van der Waals surface area contributed by atoms with Crippen LogP contribution < -0.4 is 4.90 Å². The molecule has 0 amide bonds. The molecule has 3 heterocycles. The molecule has 0 N–H and O–H groups in total. The van der Waals surface area contributed by atoms with Crippen molar-refractivity contribution in [3.8, 4) is 0 Å². The second kappa shape index (κ2) is 4.63. The summed E-state index contributed by atoms with van der Waals surface area (Å²) in [5, 5.41) is 0.815. The summed E-state index contributed by atoms with van der Waals surface area (Å²) in [7, 11) is 2.22. The van der Waals surface area contributed by atoms with Gasteiger partial charge < -0.3 is 4.90 Å². The number of nitrogens with zero attached hydrogens (tertiary/aromatic N) is 4. The number of hydrogen-bond acceptors (Lipinski definition) is 4. The average Bonchev–Trinajstić information content (AvgIpc) is 3.07. The van der Waals surface area contributed by atoms with Gasteiger partial charge in [0, 0.05) is 24.0 Å². The summed E-state index contributed by atoms with van der Waals surface area (Å²) in [4.78, 5) is 13.3. The van der Waals surface area contributed by atoms with Crippen LogP contribution in [-0.4, -0.2) is 47.1 Å². The molecule has 5 heteroatoms. The van der Waals surface area contributed by atoms with Crippen LogP contribution in [0.25, 0.3) is 10.9 Å². The Kier molecular flexibility index (Phi) is 2.85. The fraction of sp³-hybridized carbons (Fsp3) is 0.500. The number of halogens is 1. The van der Waals surface area contributed by atoms with E-state index in [1.165, 1.54) is 31.8 Å². The van der Waals surface area contributed by atoms with Gasteiger partial charge in [0.1, 0.15) is 23.5 Å². The smallest absolute Gasteiger partial charge is 0.149 e. The predicted molar refractivity (Wildman–Crippen MR) is 80.9 cm³/mol. The third kappa shape index (κ3) is 1.91. The number of para-hydroxylation sites is 1. The van der Waals surface area contributed by atoms with Crippen molar-refractivity contribution in [2.45, 2.75) is 24.8 Å². The summed E-state index contributed by atoms with van der Waals surface area (Å²) >= 11 is 0. The molecule has 1 aromatic carbocycles. The Balaban J connectivity index is 1.74. The Bertz CT molecular complexity index is 689. The number of hydrogen-bond donors (Lipinski definition) is 0. The van der Waals surface area contributed by atoms with Crippen LogP contribution >= 0.6 is 0 Å². The maximum Gasteiger partial charge on any atom is 0.149 e. The maximum absolute atomic E-state index is 13.9. The molecule has 21 heavy (non-hydrogen) atoms. The summed E-state index contributed by atoms with van der Waals surface area (Å²) in [5.41, 5.74) is 0.702. The Hall–Kier alpha value is -1.75. The van der Waals surface area contributed by atoms with Gasteiger partial charge in [-0.3, -0.25) is 4.90 Å². The van der Waals surface area contributed by atoms with Crippen molar-refractivity contribution < 1.29 is 4.39 Å². The van der Waals surface area contributed by atoms with E-state index < -0.39 is 0 Å². The fourth-order valence-corrected chi connectivity index (χ4v) is 3.92. The molecule has 0 bridgehead atoms. The van der Waals surface area contributed by atoms with E-state index in [2.05, 4.69) is 26.8 Å². The normalized spacial score (nSPS) is 26.3. The van der Waals surface area contributed by atoms with Crippen molar-refractivity contribution in [2.75, 3.05) is 31.6 Å². The molecule has 110 valence electrons. The van der Waals surface area contributed by atoms with E-state index in [1.807, 2.05) is 6.07 Å². The molecule has 1 unspecified atom stereocenters. The summed E-state index contributed by atoms with van der Waals surface area (Å²) in [6, 6.07) is 5.10. The highest BCUT2D eigenvalue weighted by molar-refractivity contribution is 5.89. The zero-order valence-corrected chi connectivity index (χ0v) is 12.2. The third-order valence-corrected chi connectivity index (χ3v) is 5.17. The van der Waals surface area contributed by atoms with Crippen molar-refractivity contribution >= 4 is 16.7 Å². The van der Waals surface area contributed by atoms with Gasteiger partial charge in [0.25, 0.3) is 0 Å². The minimum absolute atomic E-state index is 0.275. The lowest BCUT2D eigenvalue weighted by Crippen LogP contribution is -2.43. The van der Waals surface area contributed by atoms with Gasteiger partial charge in [-0.15, -0.1) is 0 Å². The van der Waals surface area contributed by atoms with E-state index in [-0.39, 0.29) is 11.4 Å². The predicted octanol–water partition coefficient (Wildman–Crippen LogP) is 2.44. The summed E-state index contributed by atoms with van der Waals surface area (Å²) in [6.07, 6.45) is 5.15. The van der Waals surface area contributed by atoms with E-state index in [4.69, 9.17) is 0 Å². The highest BCUT2D eigenvalue weighted by atomic mass is 19.1. The molecule has 4 rings (SSSR count). The molecule has 1 aromatic heterocycles. The van der Waals surface area contributed by atoms with Crippen LogP contribution in [0.2, 0.25) is 0 Å². The van der Waals surface area contributed by atoms with Crippen LogP contribution in [0.4, 0.5) is 10.2 Å². The van der Waals surface area contributed by atoms with E-state index >= 15 is 0 Å². The Morgan fingerprint density at radius 1 is 1.19 bits per heavy atom. The van der Waals surface area contributed by atoms with Gasteiger partial charge in [0.05, 0.1) is 0 Å². The van der Waals surface area contributed by atoms with Crippen LogP contribution in [0.1, 0.15) is 19.3 Å². The molecule has 2 aliphatic heterocycles. The van der Waals surface area contributed by atoms with Crippen LogP contribution in [0, 0.1) is 5.82 Å². The molecule has 4 nitrogen and oxygen atoms in total. The molecule has 1 spiro atoms. The minimum atomic E-state index is -0.275. The first-order chi connectivity index (χ1) is 10.2. The van der Waals surface area contributed by atoms with E-state index in [1.54, 1.807) is 6.07 Å². The first-order valence-corrected chi connectivity index (χ1v) is 7.55. The molecule has 1 atom stereocenters. The molecule has 2 aliphatic rings. The van der Waals surface area contributed by atoms with Crippen LogP contribution in [0.3, 0.4) is 0 Å². The average molecular weight is 286 g/mol. The van der Waals surface area contributed by atoms with Crippen LogP contribution in [0.5, 0.6) is 0 Å². The second-order valence-corrected chi connectivity index (χ2v) is 6.25. The van der Waals surface area contributed by atoms with Gasteiger partial charge in [-0.25, -0.2) is 14.4 Å². The van der Waals surface area contributed by atoms with E-state index in [0.717, 1.165) is 30.7 Å². The first kappa shape index (κ1) is 13.0. The highest BCUT2D eigenvalue weighted by Gasteiger charge is 2.44. The lowest BCUT2D eigenvalue weighted by atomic mass is 9.96. The number of anilines is 1. The van der Waals surface area contributed by atoms with Gasteiger partial charge in [-0.05, 0) is 45.0 Å². The Morgan fingerprint density at radius 3 is 2.90 bits per heavy atom. The van der Waals surface area contributed by atoms with Crippen LogP contribution in [-0.2, 0) is 0 Å². The maximum atomic E-state index is 13.9. The van der Waals surface area contributed by atoms with Crippen LogP contribution in [0.15, 0.2) is 24.5 Å². The summed E-state index contributed by atoms with van der Waals surface area (Å²) in [6.45, 7) is 3.13. The fourth-order valence-electron chi connectivity index (χ4n) is 3.92. The Morgan fingerprint density at radius 2 is 2.10 bits per heavy atom. The molecule has 2 aromatic rings. The first-order valence-electron chi connectivity index (χ1n) is 7.55. The number of likely N-dealkylation sites (tertiary alicyclic amines) is 1. The van der Waals surface area contributed by atoms with Gasteiger partial charge in [0.15, 0.2) is 0 Å². The second-order valence-electron chi connectivity index (χ2n) is 6.25. The quantitative estimate of drug-likeness (QED) is 0.806. The van der Waals surface area contributed by atoms with E-state index in [0.29, 0.717) is 5.52 Å². The van der Waals surface area contributed by atoms with E-state index in [9.17, 15) is 4.39 Å². The lowest BCUT2D eigenvalue weighted by molar-refractivity contribution is 0.198. The van der Waals surface area contributed by atoms with Gasteiger partial charge >= 0.3 is 0 Å². The minimum Gasteiger partial charge on any atom is -0.354 e. The molecule has 0 aliphatic carbocycles. The zero-order valence-electron chi connectivity index (χ0n) is 12.2. The Labute approximate surface area is 123 Å².